The van der Waals surface area contributed by atoms with E-state index in [1.165, 1.54) is 22.7 Å². The lowest BCUT2D eigenvalue weighted by Crippen LogP contribution is -2.28. The molecule has 178 valence electrons. The number of nitrogens with zero attached hydrogens (tertiary/aromatic N) is 4. The Morgan fingerprint density at radius 1 is 1.12 bits per heavy atom. The topological polar surface area (TPSA) is 130 Å². The molecule has 2 atom stereocenters. The van der Waals surface area contributed by atoms with E-state index in [2.05, 4.69) is 44.2 Å². The molecule has 9 nitrogen and oxygen atoms in total. The summed E-state index contributed by atoms with van der Waals surface area (Å²) in [6.07, 6.45) is 3.13. The van der Waals surface area contributed by atoms with Gasteiger partial charge in [-0.25, -0.2) is 0 Å². The molecule has 0 fully saturated rings. The summed E-state index contributed by atoms with van der Waals surface area (Å²) < 4.78 is 0. The Labute approximate surface area is 205 Å². The number of amides is 2. The molecule has 0 spiro atoms. The van der Waals surface area contributed by atoms with Crippen LogP contribution in [0.15, 0.2) is 36.5 Å². The Balaban J connectivity index is 1.73. The number of anilines is 2. The van der Waals surface area contributed by atoms with Gasteiger partial charge in [0, 0.05) is 24.3 Å². The van der Waals surface area contributed by atoms with Crippen LogP contribution in [0.2, 0.25) is 0 Å². The Bertz CT molecular complexity index is 1010. The predicted octanol–water partition coefficient (Wildman–Crippen LogP) is 3.84. The van der Waals surface area contributed by atoms with Gasteiger partial charge in [0.2, 0.25) is 16.2 Å². The summed E-state index contributed by atoms with van der Waals surface area (Å²) in [5, 5.41) is 33.9. The van der Waals surface area contributed by atoms with Crippen LogP contribution < -0.4 is 10.6 Å². The van der Waals surface area contributed by atoms with Gasteiger partial charge in [0.15, 0.2) is 6.10 Å². The Hall–Kier alpha value is -2.41. The molecular formula is C21H28N6O3S3. The molecule has 0 radical (unpaired) electrons. The molecule has 12 heteroatoms. The van der Waals surface area contributed by atoms with Crippen molar-refractivity contribution in [1.29, 1.82) is 0 Å². The SMILES string of the molecule is C=CC(C)CC(=O)Nc1nnc(CCSCc2nnc(NC(=O)C(O)C(=C)C=C(C)C)s2)s1. The first-order valence-corrected chi connectivity index (χ1v) is 12.9. The number of aryl methyl sites for hydroxylation is 1. The van der Waals surface area contributed by atoms with Crippen molar-refractivity contribution in [2.45, 2.75) is 45.5 Å². The third-order valence-corrected chi connectivity index (χ3v) is 6.97. The number of rotatable bonds is 13. The van der Waals surface area contributed by atoms with E-state index in [1.54, 1.807) is 23.9 Å². The Morgan fingerprint density at radius 2 is 1.76 bits per heavy atom. The number of carbonyl (C=O) groups is 2. The van der Waals surface area contributed by atoms with Crippen LogP contribution in [0.5, 0.6) is 0 Å². The average molecular weight is 509 g/mol. The lowest BCUT2D eigenvalue weighted by molar-refractivity contribution is -0.122. The van der Waals surface area contributed by atoms with Crippen molar-refractivity contribution in [3.8, 4) is 0 Å². The van der Waals surface area contributed by atoms with Crippen LogP contribution in [0.25, 0.3) is 0 Å². The lowest BCUT2D eigenvalue weighted by Gasteiger charge is -2.09. The minimum atomic E-state index is -1.34. The maximum atomic E-state index is 12.1. The normalized spacial score (nSPS) is 12.5. The molecule has 2 aromatic rings. The summed E-state index contributed by atoms with van der Waals surface area (Å²) in [7, 11) is 0. The molecule has 33 heavy (non-hydrogen) atoms. The zero-order valence-corrected chi connectivity index (χ0v) is 21.3. The summed E-state index contributed by atoms with van der Waals surface area (Å²) in [6.45, 7) is 13.0. The highest BCUT2D eigenvalue weighted by Gasteiger charge is 2.19. The maximum absolute atomic E-state index is 12.1. The molecule has 0 aromatic carbocycles. The first-order chi connectivity index (χ1) is 15.7. The van der Waals surface area contributed by atoms with E-state index in [0.29, 0.717) is 34.4 Å². The molecule has 3 N–H and O–H groups in total. The van der Waals surface area contributed by atoms with Crippen LogP contribution >= 0.6 is 34.4 Å². The molecule has 0 aliphatic heterocycles. The van der Waals surface area contributed by atoms with Crippen molar-refractivity contribution in [1.82, 2.24) is 20.4 Å². The van der Waals surface area contributed by atoms with E-state index in [9.17, 15) is 14.7 Å². The molecule has 0 saturated carbocycles. The minimum absolute atomic E-state index is 0.104. The Kier molecular flexibility index (Phi) is 10.8. The quantitative estimate of drug-likeness (QED) is 0.211. The van der Waals surface area contributed by atoms with Gasteiger partial charge in [0.1, 0.15) is 10.0 Å². The van der Waals surface area contributed by atoms with Crippen LogP contribution in [-0.4, -0.2) is 49.2 Å². The van der Waals surface area contributed by atoms with Gasteiger partial charge in [0.25, 0.3) is 5.91 Å². The molecule has 2 heterocycles. The van der Waals surface area contributed by atoms with E-state index in [-0.39, 0.29) is 11.8 Å². The predicted molar refractivity (Wildman–Crippen MR) is 135 cm³/mol. The van der Waals surface area contributed by atoms with Gasteiger partial charge in [-0.2, -0.15) is 11.8 Å². The minimum Gasteiger partial charge on any atom is -0.378 e. The van der Waals surface area contributed by atoms with Gasteiger partial charge >= 0.3 is 0 Å². The van der Waals surface area contributed by atoms with Crippen LogP contribution in [-0.2, 0) is 21.8 Å². The molecule has 2 aromatic heterocycles. The fraction of sp³-hybridized carbons (Fsp3) is 0.429. The molecule has 2 rings (SSSR count). The number of nitrogens with one attached hydrogen (secondary N) is 2. The first kappa shape index (κ1) is 26.8. The highest BCUT2D eigenvalue weighted by atomic mass is 32.2. The summed E-state index contributed by atoms with van der Waals surface area (Å²) in [5.74, 6) is 0.828. The molecule has 2 unspecified atom stereocenters. The smallest absolute Gasteiger partial charge is 0.259 e. The third-order valence-electron chi connectivity index (χ3n) is 4.08. The molecule has 2 amide bonds. The second kappa shape index (κ2) is 13.3. The van der Waals surface area contributed by atoms with E-state index < -0.39 is 12.0 Å². The maximum Gasteiger partial charge on any atom is 0.259 e. The van der Waals surface area contributed by atoms with Gasteiger partial charge in [-0.3, -0.25) is 14.9 Å². The van der Waals surface area contributed by atoms with Gasteiger partial charge in [0.05, 0.1) is 0 Å². The van der Waals surface area contributed by atoms with Gasteiger partial charge in [-0.1, -0.05) is 53.9 Å². The average Bonchev–Trinajstić information content (AvgIpc) is 3.39. The van der Waals surface area contributed by atoms with Gasteiger partial charge < -0.3 is 10.4 Å². The van der Waals surface area contributed by atoms with Gasteiger partial charge in [-0.15, -0.1) is 27.0 Å². The fourth-order valence-electron chi connectivity index (χ4n) is 2.42. The Morgan fingerprint density at radius 3 is 2.42 bits per heavy atom. The van der Waals surface area contributed by atoms with Crippen LogP contribution in [0.3, 0.4) is 0 Å². The van der Waals surface area contributed by atoms with Crippen molar-refractivity contribution in [2.24, 2.45) is 5.92 Å². The zero-order chi connectivity index (χ0) is 24.4. The van der Waals surface area contributed by atoms with E-state index in [4.69, 9.17) is 0 Å². The number of carbonyl (C=O) groups excluding carboxylic acids is 2. The molecule has 0 bridgehead atoms. The number of hydrogen-bond acceptors (Lipinski definition) is 10. The van der Waals surface area contributed by atoms with Crippen molar-refractivity contribution in [2.75, 3.05) is 16.4 Å². The number of aromatic nitrogens is 4. The number of allylic oxidation sites excluding steroid dienone is 2. The summed E-state index contributed by atoms with van der Waals surface area (Å²) in [5.41, 5.74) is 1.26. The number of aliphatic hydroxyl groups excluding tert-OH is 1. The van der Waals surface area contributed by atoms with E-state index in [1.807, 2.05) is 20.8 Å². The van der Waals surface area contributed by atoms with E-state index in [0.717, 1.165) is 21.3 Å². The van der Waals surface area contributed by atoms with Crippen LogP contribution in [0, 0.1) is 5.92 Å². The summed E-state index contributed by atoms with van der Waals surface area (Å²) >= 11 is 4.27. The largest absolute Gasteiger partial charge is 0.378 e. The van der Waals surface area contributed by atoms with E-state index >= 15 is 0 Å². The molecular weight excluding hydrogens is 480 g/mol. The highest BCUT2D eigenvalue weighted by molar-refractivity contribution is 7.98. The molecule has 0 aliphatic carbocycles. The highest BCUT2D eigenvalue weighted by Crippen LogP contribution is 2.23. The number of hydrogen-bond donors (Lipinski definition) is 3. The van der Waals surface area contributed by atoms with Crippen molar-refractivity contribution >= 4 is 56.5 Å². The molecule has 0 aliphatic rings. The number of thioether (sulfide) groups is 1. The van der Waals surface area contributed by atoms with Crippen molar-refractivity contribution < 1.29 is 14.7 Å². The van der Waals surface area contributed by atoms with Crippen molar-refractivity contribution in [3.63, 3.8) is 0 Å². The summed E-state index contributed by atoms with van der Waals surface area (Å²) in [4.78, 5) is 24.0. The van der Waals surface area contributed by atoms with Crippen LogP contribution in [0.1, 0.15) is 37.2 Å². The second-order valence-electron chi connectivity index (χ2n) is 7.46. The fourth-order valence-corrected chi connectivity index (χ4v) is 5.05. The zero-order valence-electron chi connectivity index (χ0n) is 18.8. The third kappa shape index (κ3) is 9.54. The van der Waals surface area contributed by atoms with Gasteiger partial charge in [-0.05, 0) is 25.3 Å². The number of aliphatic hydroxyl groups is 1. The van der Waals surface area contributed by atoms with Crippen molar-refractivity contribution in [3.05, 3.63) is 46.5 Å². The first-order valence-electron chi connectivity index (χ1n) is 10.2. The second-order valence-corrected chi connectivity index (χ2v) is 10.7. The monoisotopic (exact) mass is 508 g/mol. The lowest BCUT2D eigenvalue weighted by atomic mass is 10.1. The standard InChI is InChI=1S/C21H28N6O3S3/c1-6-13(4)10-15(28)22-20-26-24-16(32-20)7-8-31-11-17-25-27-21(33-17)23-19(30)18(29)14(5)9-12(2)3/h6,9,13,18,29H,1,5,7-8,10-11H2,2-4H3,(H,22,26,28)(H,23,27,30). The molecule has 0 saturated heterocycles. The van der Waals surface area contributed by atoms with Crippen LogP contribution in [0.4, 0.5) is 10.3 Å². The summed E-state index contributed by atoms with van der Waals surface area (Å²) in [6, 6.07) is 0.